The van der Waals surface area contributed by atoms with Crippen molar-refractivity contribution in [2.75, 3.05) is 0 Å². The number of carbonyl (C=O) groups is 1. The Bertz CT molecular complexity index is 664. The van der Waals surface area contributed by atoms with Gasteiger partial charge in [-0.05, 0) is 18.6 Å². The Morgan fingerprint density at radius 3 is 2.71 bits per heavy atom. The van der Waals surface area contributed by atoms with Gasteiger partial charge in [0.05, 0.1) is 16.8 Å². The normalized spacial score (nSPS) is 11.7. The van der Waals surface area contributed by atoms with E-state index in [4.69, 9.17) is 11.6 Å². The maximum atomic E-state index is 12.7. The summed E-state index contributed by atoms with van der Waals surface area (Å²) >= 11 is 5.93. The maximum Gasteiger partial charge on any atom is 0.416 e. The van der Waals surface area contributed by atoms with Gasteiger partial charge in [0.1, 0.15) is 5.69 Å². The standard InChI is InChI=1S/C14H12ClF3N2O/c1-2-6-20-12(11(15)8-19-20)13(21)9-4-3-5-10(7-9)14(16,17)18/h3-5,7-8H,2,6H2,1H3. The van der Waals surface area contributed by atoms with Crippen molar-refractivity contribution in [1.82, 2.24) is 9.78 Å². The summed E-state index contributed by atoms with van der Waals surface area (Å²) in [6.07, 6.45) is -2.46. The van der Waals surface area contributed by atoms with Crippen LogP contribution in [-0.2, 0) is 12.7 Å². The molecule has 0 saturated carbocycles. The summed E-state index contributed by atoms with van der Waals surface area (Å²) in [4.78, 5) is 12.4. The van der Waals surface area contributed by atoms with Crippen LogP contribution in [0.4, 0.5) is 13.2 Å². The number of rotatable bonds is 4. The summed E-state index contributed by atoms with van der Waals surface area (Å²) in [6.45, 7) is 2.36. The number of hydrogen-bond acceptors (Lipinski definition) is 2. The van der Waals surface area contributed by atoms with Gasteiger partial charge in [-0.1, -0.05) is 30.7 Å². The number of aryl methyl sites for hydroxylation is 1. The lowest BCUT2D eigenvalue weighted by atomic mass is 10.0. The SMILES string of the molecule is CCCn1ncc(Cl)c1C(=O)c1cccc(C(F)(F)F)c1. The first kappa shape index (κ1) is 15.6. The Morgan fingerprint density at radius 1 is 1.38 bits per heavy atom. The van der Waals surface area contributed by atoms with Gasteiger partial charge in [-0.2, -0.15) is 18.3 Å². The van der Waals surface area contributed by atoms with E-state index in [1.807, 2.05) is 6.92 Å². The number of alkyl halides is 3. The third-order valence-corrected chi connectivity index (χ3v) is 3.17. The van der Waals surface area contributed by atoms with Gasteiger partial charge in [-0.3, -0.25) is 9.48 Å². The van der Waals surface area contributed by atoms with E-state index in [2.05, 4.69) is 5.10 Å². The second-order valence-corrected chi connectivity index (χ2v) is 4.88. The molecule has 0 N–H and O–H groups in total. The van der Waals surface area contributed by atoms with Crippen LogP contribution in [0.2, 0.25) is 5.02 Å². The molecule has 2 rings (SSSR count). The number of halogens is 4. The summed E-state index contributed by atoms with van der Waals surface area (Å²) in [7, 11) is 0. The summed E-state index contributed by atoms with van der Waals surface area (Å²) in [5, 5.41) is 4.10. The predicted octanol–water partition coefficient (Wildman–Crippen LogP) is 4.20. The van der Waals surface area contributed by atoms with E-state index in [-0.39, 0.29) is 16.3 Å². The minimum absolute atomic E-state index is 0.0652. The van der Waals surface area contributed by atoms with E-state index in [0.717, 1.165) is 18.6 Å². The molecular formula is C14H12ClF3N2O. The molecule has 1 aromatic carbocycles. The molecule has 0 saturated heterocycles. The smallest absolute Gasteiger partial charge is 0.287 e. The fraction of sp³-hybridized carbons (Fsp3) is 0.286. The molecule has 1 aromatic heterocycles. The van der Waals surface area contributed by atoms with E-state index in [1.54, 1.807) is 0 Å². The zero-order valence-electron chi connectivity index (χ0n) is 11.1. The van der Waals surface area contributed by atoms with Crippen LogP contribution in [0.1, 0.15) is 35.0 Å². The van der Waals surface area contributed by atoms with Crippen molar-refractivity contribution in [3.8, 4) is 0 Å². The van der Waals surface area contributed by atoms with Crippen molar-refractivity contribution >= 4 is 17.4 Å². The molecule has 0 aliphatic heterocycles. The molecule has 2 aromatic rings. The highest BCUT2D eigenvalue weighted by molar-refractivity contribution is 6.34. The van der Waals surface area contributed by atoms with Gasteiger partial charge in [0.15, 0.2) is 0 Å². The first-order valence-electron chi connectivity index (χ1n) is 6.28. The van der Waals surface area contributed by atoms with Gasteiger partial charge in [-0.15, -0.1) is 0 Å². The van der Waals surface area contributed by atoms with Crippen molar-refractivity contribution in [1.29, 1.82) is 0 Å². The number of ketones is 1. The lowest BCUT2D eigenvalue weighted by Gasteiger charge is -2.09. The minimum Gasteiger partial charge on any atom is -0.287 e. The van der Waals surface area contributed by atoms with E-state index in [9.17, 15) is 18.0 Å². The molecule has 0 amide bonds. The highest BCUT2D eigenvalue weighted by Gasteiger charge is 2.31. The molecule has 0 spiro atoms. The quantitative estimate of drug-likeness (QED) is 0.792. The predicted molar refractivity (Wildman–Crippen MR) is 72.4 cm³/mol. The summed E-state index contributed by atoms with van der Waals surface area (Å²) < 4.78 is 39.5. The van der Waals surface area contributed by atoms with E-state index in [0.29, 0.717) is 6.54 Å². The maximum absolute atomic E-state index is 12.7. The molecule has 0 unspecified atom stereocenters. The summed E-state index contributed by atoms with van der Waals surface area (Å²) in [5.74, 6) is -0.572. The van der Waals surface area contributed by atoms with Crippen LogP contribution < -0.4 is 0 Å². The number of aromatic nitrogens is 2. The first-order valence-corrected chi connectivity index (χ1v) is 6.65. The zero-order valence-corrected chi connectivity index (χ0v) is 11.9. The van der Waals surface area contributed by atoms with Gasteiger partial charge in [-0.25, -0.2) is 0 Å². The monoisotopic (exact) mass is 316 g/mol. The fourth-order valence-electron chi connectivity index (χ4n) is 1.94. The van der Waals surface area contributed by atoms with E-state index >= 15 is 0 Å². The van der Waals surface area contributed by atoms with Crippen molar-refractivity contribution in [2.45, 2.75) is 26.1 Å². The Kier molecular flexibility index (Phi) is 4.37. The van der Waals surface area contributed by atoms with Crippen LogP contribution in [0.3, 0.4) is 0 Å². The Hall–Kier alpha value is -1.82. The molecule has 0 aliphatic rings. The summed E-state index contributed by atoms with van der Waals surface area (Å²) in [6, 6.07) is 4.27. The van der Waals surface area contributed by atoms with Crippen LogP contribution in [0.25, 0.3) is 0 Å². The second kappa shape index (κ2) is 5.89. The first-order chi connectivity index (χ1) is 9.84. The average molecular weight is 317 g/mol. The molecule has 3 nitrogen and oxygen atoms in total. The van der Waals surface area contributed by atoms with E-state index < -0.39 is 17.5 Å². The molecule has 1 heterocycles. The van der Waals surface area contributed by atoms with Crippen LogP contribution in [0, 0.1) is 0 Å². The topological polar surface area (TPSA) is 34.9 Å². The minimum atomic E-state index is -4.50. The fourth-order valence-corrected chi connectivity index (χ4v) is 2.17. The highest BCUT2D eigenvalue weighted by atomic mass is 35.5. The largest absolute Gasteiger partial charge is 0.416 e. The van der Waals surface area contributed by atoms with Crippen LogP contribution in [0.15, 0.2) is 30.5 Å². The van der Waals surface area contributed by atoms with Crippen LogP contribution in [0.5, 0.6) is 0 Å². The molecule has 112 valence electrons. The molecule has 21 heavy (non-hydrogen) atoms. The van der Waals surface area contributed by atoms with Gasteiger partial charge >= 0.3 is 6.18 Å². The van der Waals surface area contributed by atoms with Gasteiger partial charge < -0.3 is 0 Å². The van der Waals surface area contributed by atoms with Crippen molar-refractivity contribution in [3.05, 3.63) is 52.3 Å². The van der Waals surface area contributed by atoms with Crippen molar-refractivity contribution in [3.63, 3.8) is 0 Å². The third-order valence-electron chi connectivity index (χ3n) is 2.90. The third kappa shape index (κ3) is 3.26. The molecule has 0 aliphatic carbocycles. The second-order valence-electron chi connectivity index (χ2n) is 4.47. The molecule has 0 bridgehead atoms. The van der Waals surface area contributed by atoms with Gasteiger partial charge in [0, 0.05) is 12.1 Å². The van der Waals surface area contributed by atoms with Crippen molar-refractivity contribution < 1.29 is 18.0 Å². The number of hydrogen-bond donors (Lipinski definition) is 0. The summed E-state index contributed by atoms with van der Waals surface area (Å²) in [5.41, 5.74) is -0.826. The number of carbonyl (C=O) groups excluding carboxylic acids is 1. The zero-order chi connectivity index (χ0) is 15.6. The Morgan fingerprint density at radius 2 is 2.10 bits per heavy atom. The molecular weight excluding hydrogens is 305 g/mol. The lowest BCUT2D eigenvalue weighted by molar-refractivity contribution is -0.137. The molecule has 0 radical (unpaired) electrons. The van der Waals surface area contributed by atoms with Crippen LogP contribution >= 0.6 is 11.6 Å². The van der Waals surface area contributed by atoms with Gasteiger partial charge in [0.2, 0.25) is 5.78 Å². The molecule has 7 heteroatoms. The van der Waals surface area contributed by atoms with E-state index in [1.165, 1.54) is 23.0 Å². The Balaban J connectivity index is 2.43. The van der Waals surface area contributed by atoms with Gasteiger partial charge in [0.25, 0.3) is 0 Å². The Labute approximate surface area is 124 Å². The molecule has 0 fully saturated rings. The van der Waals surface area contributed by atoms with Crippen molar-refractivity contribution in [2.24, 2.45) is 0 Å². The number of nitrogens with zero attached hydrogens (tertiary/aromatic N) is 2. The molecule has 0 atom stereocenters. The number of benzene rings is 1. The average Bonchev–Trinajstić information content (AvgIpc) is 2.79. The lowest BCUT2D eigenvalue weighted by Crippen LogP contribution is -2.13. The highest BCUT2D eigenvalue weighted by Crippen LogP contribution is 2.30. The van der Waals surface area contributed by atoms with Crippen LogP contribution in [-0.4, -0.2) is 15.6 Å².